The number of aromatic nitrogens is 2. The molecule has 2 N–H and O–H groups in total. The Morgan fingerprint density at radius 3 is 2.31 bits per heavy atom. The van der Waals surface area contributed by atoms with E-state index in [0.29, 0.717) is 5.69 Å². The maximum absolute atomic E-state index is 13.3. The van der Waals surface area contributed by atoms with E-state index in [9.17, 15) is 13.2 Å². The lowest BCUT2D eigenvalue weighted by atomic mass is 9.95. The lowest BCUT2D eigenvalue weighted by Crippen LogP contribution is -2.30. The maximum Gasteiger partial charge on any atom is 0.264 e. The summed E-state index contributed by atoms with van der Waals surface area (Å²) in [6, 6.07) is 21.3. The largest absolute Gasteiger partial charge is 0.467 e. The predicted molar refractivity (Wildman–Crippen MR) is 165 cm³/mol. The first-order valence-electron chi connectivity index (χ1n) is 13.7. The topological polar surface area (TPSA) is 110 Å². The number of carbonyl (C=O) groups is 1. The van der Waals surface area contributed by atoms with Crippen molar-refractivity contribution in [3.05, 3.63) is 107 Å². The molecule has 0 spiro atoms. The molecule has 1 amide bonds. The Kier molecular flexibility index (Phi) is 7.88. The Hall–Kier alpha value is -4.50. The number of carbonyl (C=O) groups excluding carboxylic acids is 1. The van der Waals surface area contributed by atoms with Crippen LogP contribution in [0.25, 0.3) is 17.3 Å². The van der Waals surface area contributed by atoms with Gasteiger partial charge in [-0.25, -0.2) is 18.1 Å². The normalized spacial score (nSPS) is 16.8. The number of ether oxygens (including phenoxy) is 1. The molecular formula is C33H34N4O4S. The zero-order valence-corrected chi connectivity index (χ0v) is 25.1. The van der Waals surface area contributed by atoms with Gasteiger partial charge in [0.05, 0.1) is 17.1 Å². The van der Waals surface area contributed by atoms with E-state index < -0.39 is 22.0 Å². The van der Waals surface area contributed by atoms with Gasteiger partial charge in [0.15, 0.2) is 0 Å². The fourth-order valence-electron chi connectivity index (χ4n) is 4.69. The maximum atomic E-state index is 13.3. The van der Waals surface area contributed by atoms with E-state index in [4.69, 9.17) is 4.74 Å². The Bertz CT molecular complexity index is 1750. The third kappa shape index (κ3) is 6.69. The molecule has 1 aliphatic heterocycles. The van der Waals surface area contributed by atoms with Crippen LogP contribution in [0.15, 0.2) is 83.8 Å². The minimum atomic E-state index is -4.10. The number of sulfonamides is 1. The molecule has 5 rings (SSSR count). The summed E-state index contributed by atoms with van der Waals surface area (Å²) in [7, 11) is -4.10. The highest BCUT2D eigenvalue weighted by atomic mass is 32.2. The number of nitrogens with zero attached hydrogens (tertiary/aromatic N) is 2. The molecule has 0 saturated heterocycles. The standard InChI is InChI=1S/C33H34N4O4S/c1-21-8-6-9-22(2)30(21)27-19-29-36-32(35-27)37-42(39,40)26-11-7-10-25(18-26)31(38)34-20-28(41-29)24-14-12-23(13-15-24)16-17-33(3,4)5/h6-19,28H,20H2,1-5H3,(H,34,38)(H,35,36,37)/b17-16+. The summed E-state index contributed by atoms with van der Waals surface area (Å²) in [6.45, 7) is 10.5. The lowest BCUT2D eigenvalue weighted by Gasteiger charge is -2.21. The van der Waals surface area contributed by atoms with Gasteiger partial charge >= 0.3 is 0 Å². The molecule has 0 fully saturated rings. The number of hydrogen-bond donors (Lipinski definition) is 2. The predicted octanol–water partition coefficient (Wildman–Crippen LogP) is 6.48. The van der Waals surface area contributed by atoms with Crippen LogP contribution >= 0.6 is 0 Å². The average molecular weight is 583 g/mol. The summed E-state index contributed by atoms with van der Waals surface area (Å²) < 4.78 is 35.5. The van der Waals surface area contributed by atoms with E-state index in [1.165, 1.54) is 18.2 Å². The van der Waals surface area contributed by atoms with Crippen LogP contribution < -0.4 is 14.8 Å². The summed E-state index contributed by atoms with van der Waals surface area (Å²) in [5, 5.41) is 2.90. The molecule has 1 aromatic heterocycles. The number of allylic oxidation sites excluding steroid dienone is 1. The molecule has 1 unspecified atom stereocenters. The van der Waals surface area contributed by atoms with Gasteiger partial charge in [-0.2, -0.15) is 4.98 Å². The number of fused-ring (bicyclic) bond motifs is 4. The van der Waals surface area contributed by atoms with Crippen molar-refractivity contribution >= 4 is 28.0 Å². The molecule has 42 heavy (non-hydrogen) atoms. The molecule has 1 atom stereocenters. The van der Waals surface area contributed by atoms with Crippen molar-refractivity contribution in [3.63, 3.8) is 0 Å². The van der Waals surface area contributed by atoms with Gasteiger partial charge in [-0.1, -0.05) is 81.5 Å². The molecule has 0 radical (unpaired) electrons. The van der Waals surface area contributed by atoms with Crippen molar-refractivity contribution in [2.75, 3.05) is 11.3 Å². The summed E-state index contributed by atoms with van der Waals surface area (Å²) in [4.78, 5) is 22.0. The number of benzene rings is 3. The summed E-state index contributed by atoms with van der Waals surface area (Å²) in [6.07, 6.45) is 3.59. The fourth-order valence-corrected chi connectivity index (χ4v) is 5.68. The molecule has 0 aliphatic carbocycles. The molecule has 1 aliphatic rings. The monoisotopic (exact) mass is 582 g/mol. The smallest absolute Gasteiger partial charge is 0.264 e. The van der Waals surface area contributed by atoms with Gasteiger partial charge in [-0.3, -0.25) is 4.79 Å². The van der Waals surface area contributed by atoms with Crippen LogP contribution in [-0.2, 0) is 10.0 Å². The van der Waals surface area contributed by atoms with Crippen molar-refractivity contribution in [2.24, 2.45) is 5.41 Å². The van der Waals surface area contributed by atoms with E-state index in [1.54, 1.807) is 12.1 Å². The average Bonchev–Trinajstić information content (AvgIpc) is 2.93. The van der Waals surface area contributed by atoms with Crippen LogP contribution in [0.1, 0.15) is 59.5 Å². The Labute approximate surface area is 246 Å². The highest BCUT2D eigenvalue weighted by Gasteiger charge is 2.23. The van der Waals surface area contributed by atoms with Crippen LogP contribution in [0.2, 0.25) is 0 Å². The second-order valence-corrected chi connectivity index (χ2v) is 13.2. The number of aryl methyl sites for hydroxylation is 2. The molecule has 0 saturated carbocycles. The minimum absolute atomic E-state index is 0.0506. The summed E-state index contributed by atoms with van der Waals surface area (Å²) in [5.74, 6) is -0.378. The van der Waals surface area contributed by atoms with Crippen molar-refractivity contribution in [3.8, 4) is 17.1 Å². The van der Waals surface area contributed by atoms with Crippen molar-refractivity contribution in [1.29, 1.82) is 0 Å². The lowest BCUT2D eigenvalue weighted by molar-refractivity contribution is 0.0925. The second-order valence-electron chi connectivity index (χ2n) is 11.5. The van der Waals surface area contributed by atoms with Crippen LogP contribution in [0, 0.1) is 19.3 Å². The zero-order chi connectivity index (χ0) is 30.1. The van der Waals surface area contributed by atoms with Gasteiger partial charge < -0.3 is 10.1 Å². The third-order valence-electron chi connectivity index (χ3n) is 6.87. The molecule has 9 heteroatoms. The molecule has 2 heterocycles. The molecule has 3 aromatic carbocycles. The van der Waals surface area contributed by atoms with Gasteiger partial charge in [-0.05, 0) is 59.7 Å². The zero-order valence-electron chi connectivity index (χ0n) is 24.3. The molecule has 216 valence electrons. The van der Waals surface area contributed by atoms with Crippen LogP contribution in [0.4, 0.5) is 5.95 Å². The quantitative estimate of drug-likeness (QED) is 0.286. The van der Waals surface area contributed by atoms with Crippen LogP contribution in [0.3, 0.4) is 0 Å². The van der Waals surface area contributed by atoms with Gasteiger partial charge in [0, 0.05) is 17.2 Å². The summed E-state index contributed by atoms with van der Waals surface area (Å²) >= 11 is 0. The van der Waals surface area contributed by atoms with Gasteiger partial charge in [0.2, 0.25) is 11.8 Å². The SMILES string of the molecule is Cc1cccc(C)c1-c1cc2nc(n1)NS(=O)(=O)c1cccc(c1)C(=O)NCC(c1ccc(/C=C/C(C)(C)C)cc1)O2. The molecule has 4 aromatic rings. The Morgan fingerprint density at radius 1 is 0.929 bits per heavy atom. The van der Waals surface area contributed by atoms with E-state index >= 15 is 0 Å². The highest BCUT2D eigenvalue weighted by Crippen LogP contribution is 2.31. The minimum Gasteiger partial charge on any atom is -0.467 e. The first kappa shape index (κ1) is 29.0. The number of nitrogens with one attached hydrogen (secondary N) is 2. The van der Waals surface area contributed by atoms with Crippen LogP contribution in [-0.4, -0.2) is 30.8 Å². The first-order chi connectivity index (χ1) is 19.9. The Balaban J connectivity index is 1.62. The highest BCUT2D eigenvalue weighted by molar-refractivity contribution is 7.92. The van der Waals surface area contributed by atoms with Crippen molar-refractivity contribution in [2.45, 2.75) is 45.6 Å². The van der Waals surface area contributed by atoms with E-state index in [0.717, 1.165) is 27.8 Å². The van der Waals surface area contributed by atoms with E-state index in [2.05, 4.69) is 52.9 Å². The van der Waals surface area contributed by atoms with Crippen molar-refractivity contribution < 1.29 is 17.9 Å². The molecular weight excluding hydrogens is 548 g/mol. The third-order valence-corrected chi connectivity index (χ3v) is 8.19. The van der Waals surface area contributed by atoms with E-state index in [1.807, 2.05) is 56.3 Å². The Morgan fingerprint density at radius 2 is 1.62 bits per heavy atom. The number of anilines is 1. The fraction of sp³-hybridized carbons (Fsp3) is 0.242. The number of rotatable bonds is 3. The summed E-state index contributed by atoms with van der Waals surface area (Å²) in [5.41, 5.74) is 5.44. The van der Waals surface area contributed by atoms with Crippen molar-refractivity contribution in [1.82, 2.24) is 15.3 Å². The van der Waals surface area contributed by atoms with Crippen LogP contribution in [0.5, 0.6) is 5.88 Å². The number of hydrogen-bond acceptors (Lipinski definition) is 6. The van der Waals surface area contributed by atoms with Gasteiger partial charge in [0.25, 0.3) is 15.9 Å². The second kappa shape index (κ2) is 11.4. The van der Waals surface area contributed by atoms with E-state index in [-0.39, 0.29) is 34.2 Å². The van der Waals surface area contributed by atoms with Gasteiger partial charge in [0.1, 0.15) is 6.10 Å². The number of amides is 1. The molecule has 4 bridgehead atoms. The molecule has 8 nitrogen and oxygen atoms in total. The van der Waals surface area contributed by atoms with Gasteiger partial charge in [-0.15, -0.1) is 0 Å². The first-order valence-corrected chi connectivity index (χ1v) is 15.2.